The summed E-state index contributed by atoms with van der Waals surface area (Å²) in [5.74, 6) is 0. The lowest BCUT2D eigenvalue weighted by Crippen LogP contribution is -2.10. The van der Waals surface area contributed by atoms with Crippen LogP contribution in [0.1, 0.15) is 16.8 Å². The third kappa shape index (κ3) is 4.64. The quantitative estimate of drug-likeness (QED) is 0.400. The number of hydrogen-bond donors (Lipinski definition) is 1. The Morgan fingerprint density at radius 2 is 1.17 bits per heavy atom. The van der Waals surface area contributed by atoms with Gasteiger partial charge in [-0.15, -0.1) is 0 Å². The lowest BCUT2D eigenvalue weighted by Gasteiger charge is -2.26. The maximum absolute atomic E-state index is 4.36. The molecule has 0 amide bonds. The minimum Gasteiger partial charge on any atom is -0.379 e. The number of anilines is 4. The van der Waals surface area contributed by atoms with Crippen molar-refractivity contribution < 1.29 is 0 Å². The van der Waals surface area contributed by atoms with Gasteiger partial charge in [-0.3, -0.25) is 4.98 Å². The Labute approximate surface area is 172 Å². The Morgan fingerprint density at radius 3 is 1.66 bits per heavy atom. The van der Waals surface area contributed by atoms with Gasteiger partial charge in [0.05, 0.1) is 12.2 Å². The van der Waals surface area contributed by atoms with Crippen LogP contribution in [-0.2, 0) is 6.54 Å². The Balaban J connectivity index is 1.60. The Hall–Kier alpha value is -3.59. The van der Waals surface area contributed by atoms with E-state index in [9.17, 15) is 0 Å². The van der Waals surface area contributed by atoms with Gasteiger partial charge >= 0.3 is 0 Å². The van der Waals surface area contributed by atoms with E-state index in [1.54, 1.807) is 0 Å². The summed E-state index contributed by atoms with van der Waals surface area (Å²) in [5.41, 5.74) is 8.03. The zero-order valence-electron chi connectivity index (χ0n) is 16.8. The van der Waals surface area contributed by atoms with Gasteiger partial charge in [0, 0.05) is 28.9 Å². The normalized spacial score (nSPS) is 10.6. The second kappa shape index (κ2) is 8.61. The van der Waals surface area contributed by atoms with Crippen LogP contribution in [0.3, 0.4) is 0 Å². The van der Waals surface area contributed by atoms with Gasteiger partial charge in [-0.1, -0.05) is 41.5 Å². The number of rotatable bonds is 6. The van der Waals surface area contributed by atoms with Crippen molar-refractivity contribution in [3.05, 3.63) is 114 Å². The van der Waals surface area contributed by atoms with E-state index in [4.69, 9.17) is 0 Å². The van der Waals surface area contributed by atoms with E-state index < -0.39 is 0 Å². The van der Waals surface area contributed by atoms with E-state index >= 15 is 0 Å². The summed E-state index contributed by atoms with van der Waals surface area (Å²) in [5, 5.41) is 3.44. The molecule has 0 bridgehead atoms. The van der Waals surface area contributed by atoms with Crippen LogP contribution in [0.4, 0.5) is 22.7 Å². The summed E-state index contributed by atoms with van der Waals surface area (Å²) < 4.78 is 0. The minimum atomic E-state index is 0.708. The van der Waals surface area contributed by atoms with Gasteiger partial charge in [0.1, 0.15) is 0 Å². The summed E-state index contributed by atoms with van der Waals surface area (Å²) >= 11 is 0. The molecule has 0 aliphatic rings. The number of nitrogens with zero attached hydrogens (tertiary/aromatic N) is 2. The predicted octanol–water partition coefficient (Wildman–Crippen LogP) is 6.78. The number of benzene rings is 3. The first kappa shape index (κ1) is 18.8. The Kier molecular flexibility index (Phi) is 5.57. The van der Waals surface area contributed by atoms with Gasteiger partial charge in [0.15, 0.2) is 0 Å². The van der Waals surface area contributed by atoms with Gasteiger partial charge in [0.2, 0.25) is 0 Å². The molecule has 0 radical (unpaired) electrons. The van der Waals surface area contributed by atoms with Crippen molar-refractivity contribution in [2.45, 2.75) is 20.4 Å². The third-order valence-electron chi connectivity index (χ3n) is 4.91. The molecule has 0 atom stereocenters. The maximum atomic E-state index is 4.36. The molecule has 0 fully saturated rings. The van der Waals surface area contributed by atoms with Crippen molar-refractivity contribution in [3.8, 4) is 0 Å². The fourth-order valence-corrected chi connectivity index (χ4v) is 3.26. The van der Waals surface area contributed by atoms with Gasteiger partial charge in [-0.05, 0) is 74.5 Å². The van der Waals surface area contributed by atoms with Crippen LogP contribution in [0.2, 0.25) is 0 Å². The van der Waals surface area contributed by atoms with Gasteiger partial charge in [-0.25, -0.2) is 0 Å². The van der Waals surface area contributed by atoms with Crippen molar-refractivity contribution in [3.63, 3.8) is 0 Å². The molecule has 0 unspecified atom stereocenters. The number of hydrogen-bond acceptors (Lipinski definition) is 3. The average molecular weight is 380 g/mol. The van der Waals surface area contributed by atoms with Crippen LogP contribution >= 0.6 is 0 Å². The third-order valence-corrected chi connectivity index (χ3v) is 4.91. The molecule has 3 nitrogen and oxygen atoms in total. The highest BCUT2D eigenvalue weighted by Crippen LogP contribution is 2.35. The molecule has 0 aliphatic carbocycles. The van der Waals surface area contributed by atoms with Crippen molar-refractivity contribution in [1.82, 2.24) is 4.98 Å². The number of nitrogens with one attached hydrogen (secondary N) is 1. The highest BCUT2D eigenvalue weighted by Gasteiger charge is 2.12. The van der Waals surface area contributed by atoms with Crippen LogP contribution in [0, 0.1) is 13.8 Å². The highest BCUT2D eigenvalue weighted by atomic mass is 15.1. The molecular formula is C26H25N3. The molecular weight excluding hydrogens is 354 g/mol. The lowest BCUT2D eigenvalue weighted by atomic mass is 10.1. The molecule has 1 N–H and O–H groups in total. The van der Waals surface area contributed by atoms with E-state index in [2.05, 4.69) is 102 Å². The standard InChI is InChI=1S/C26H25N3/c1-20-6-12-24(13-7-20)29(25-14-8-21(2)9-15-25)26-16-10-22(11-17-26)28-19-23-5-3-4-18-27-23/h3-18,28H,19H2,1-2H3. The maximum Gasteiger partial charge on any atom is 0.0594 e. The monoisotopic (exact) mass is 379 g/mol. The summed E-state index contributed by atoms with van der Waals surface area (Å²) in [6, 6.07) is 31.8. The first-order valence-electron chi connectivity index (χ1n) is 9.86. The molecule has 0 spiro atoms. The van der Waals surface area contributed by atoms with E-state index in [-0.39, 0.29) is 0 Å². The number of aromatic nitrogens is 1. The Morgan fingerprint density at radius 1 is 0.655 bits per heavy atom. The van der Waals surface area contributed by atoms with Gasteiger partial charge in [0.25, 0.3) is 0 Å². The second-order valence-electron chi connectivity index (χ2n) is 7.23. The van der Waals surface area contributed by atoms with E-state index in [0.717, 1.165) is 28.4 Å². The summed E-state index contributed by atoms with van der Waals surface area (Å²) in [6.07, 6.45) is 1.82. The lowest BCUT2D eigenvalue weighted by molar-refractivity contribution is 1.05. The SMILES string of the molecule is Cc1ccc(N(c2ccc(C)cc2)c2ccc(NCc3ccccn3)cc2)cc1. The van der Waals surface area contributed by atoms with Gasteiger partial charge in [-0.2, -0.15) is 0 Å². The molecule has 0 saturated heterocycles. The number of pyridine rings is 1. The largest absolute Gasteiger partial charge is 0.379 e. The topological polar surface area (TPSA) is 28.2 Å². The van der Waals surface area contributed by atoms with Crippen molar-refractivity contribution >= 4 is 22.7 Å². The molecule has 4 rings (SSSR count). The fourth-order valence-electron chi connectivity index (χ4n) is 3.26. The van der Waals surface area contributed by atoms with Crippen molar-refractivity contribution in [1.29, 1.82) is 0 Å². The molecule has 29 heavy (non-hydrogen) atoms. The molecule has 1 heterocycles. The molecule has 0 saturated carbocycles. The Bertz CT molecular complexity index is 992. The minimum absolute atomic E-state index is 0.708. The van der Waals surface area contributed by atoms with Gasteiger partial charge < -0.3 is 10.2 Å². The smallest absolute Gasteiger partial charge is 0.0594 e. The van der Waals surface area contributed by atoms with Crippen molar-refractivity contribution in [2.24, 2.45) is 0 Å². The molecule has 4 aromatic rings. The molecule has 1 aromatic heterocycles. The average Bonchev–Trinajstić information content (AvgIpc) is 2.77. The summed E-state index contributed by atoms with van der Waals surface area (Å²) in [6.45, 7) is 4.93. The van der Waals surface area contributed by atoms with Crippen LogP contribution in [0.25, 0.3) is 0 Å². The molecule has 3 heteroatoms. The van der Waals surface area contributed by atoms with E-state index in [0.29, 0.717) is 6.54 Å². The molecule has 144 valence electrons. The van der Waals surface area contributed by atoms with Crippen LogP contribution in [0.5, 0.6) is 0 Å². The number of aryl methyl sites for hydroxylation is 2. The first-order chi connectivity index (χ1) is 14.2. The second-order valence-corrected chi connectivity index (χ2v) is 7.23. The van der Waals surface area contributed by atoms with Crippen LogP contribution in [0.15, 0.2) is 97.2 Å². The first-order valence-corrected chi connectivity index (χ1v) is 9.86. The zero-order chi connectivity index (χ0) is 20.1. The summed E-state index contributed by atoms with van der Waals surface area (Å²) in [7, 11) is 0. The molecule has 0 aliphatic heterocycles. The molecule has 3 aromatic carbocycles. The van der Waals surface area contributed by atoms with Crippen molar-refractivity contribution in [2.75, 3.05) is 10.2 Å². The van der Waals surface area contributed by atoms with Crippen LogP contribution in [-0.4, -0.2) is 4.98 Å². The zero-order valence-corrected chi connectivity index (χ0v) is 16.8. The van der Waals surface area contributed by atoms with Crippen LogP contribution < -0.4 is 10.2 Å². The van der Waals surface area contributed by atoms with E-state index in [1.807, 2.05) is 24.4 Å². The predicted molar refractivity (Wildman–Crippen MR) is 122 cm³/mol. The summed E-state index contributed by atoms with van der Waals surface area (Å²) in [4.78, 5) is 6.64. The van der Waals surface area contributed by atoms with E-state index in [1.165, 1.54) is 11.1 Å². The fraction of sp³-hybridized carbons (Fsp3) is 0.115. The highest BCUT2D eigenvalue weighted by molar-refractivity contribution is 5.77.